The first-order chi connectivity index (χ1) is 14.3. The van der Waals surface area contributed by atoms with Crippen LogP contribution in [0.15, 0.2) is 88.5 Å². The second-order valence-corrected chi connectivity index (χ2v) is 17.0. The molecule has 0 saturated carbocycles. The van der Waals surface area contributed by atoms with E-state index in [-0.39, 0.29) is 0 Å². The molecule has 0 atom stereocenters. The fraction of sp³-hybridized carbons (Fsp3) is 0.269. The van der Waals surface area contributed by atoms with Gasteiger partial charge in [0.2, 0.25) is 0 Å². The summed E-state index contributed by atoms with van der Waals surface area (Å²) in [7, 11) is -1.67. The Kier molecular flexibility index (Phi) is 7.51. The van der Waals surface area contributed by atoms with Gasteiger partial charge in [-0.1, -0.05) is 0 Å². The molecule has 0 spiro atoms. The zero-order valence-electron chi connectivity index (χ0n) is 18.8. The van der Waals surface area contributed by atoms with Crippen molar-refractivity contribution in [2.45, 2.75) is 46.3 Å². The molecule has 0 unspecified atom stereocenters. The average Bonchev–Trinajstić information content (AvgIpc) is 3.07. The van der Waals surface area contributed by atoms with Crippen molar-refractivity contribution in [2.24, 2.45) is 0 Å². The molecule has 1 aliphatic carbocycles. The van der Waals surface area contributed by atoms with E-state index in [9.17, 15) is 0 Å². The van der Waals surface area contributed by atoms with Crippen molar-refractivity contribution < 1.29 is 25.5 Å². The minimum absolute atomic E-state index is 0.836. The molecule has 0 bridgehead atoms. The predicted molar refractivity (Wildman–Crippen MR) is 128 cm³/mol. The molecule has 1 aliphatic rings. The zero-order chi connectivity index (χ0) is 21.7. The van der Waals surface area contributed by atoms with E-state index in [1.807, 2.05) is 12.1 Å². The van der Waals surface area contributed by atoms with Crippen LogP contribution < -0.4 is 3.32 Å². The number of benzene rings is 2. The van der Waals surface area contributed by atoms with Gasteiger partial charge in [0.1, 0.15) is 0 Å². The minimum atomic E-state index is -2.10. The van der Waals surface area contributed by atoms with E-state index in [1.54, 1.807) is 0 Å². The SMILES string of the molecule is C=CCC1=[C]([Ti]([O]c2cccc(-c3ccccc3)c2)=[C](C)C)CC=C1O[Si](C)(C)C. The van der Waals surface area contributed by atoms with E-state index in [1.165, 1.54) is 24.4 Å². The molecule has 4 heteroatoms. The Morgan fingerprint density at radius 2 is 1.73 bits per heavy atom. The van der Waals surface area contributed by atoms with Crippen LogP contribution in [0.3, 0.4) is 0 Å². The van der Waals surface area contributed by atoms with Crippen LogP contribution in [-0.2, 0) is 22.2 Å². The molecule has 0 fully saturated rings. The van der Waals surface area contributed by atoms with Crippen molar-refractivity contribution in [1.82, 2.24) is 0 Å². The number of allylic oxidation sites excluding steroid dienone is 4. The summed E-state index contributed by atoms with van der Waals surface area (Å²) in [6, 6.07) is 18.9. The van der Waals surface area contributed by atoms with Crippen molar-refractivity contribution in [1.29, 1.82) is 0 Å². The molecule has 2 aromatic rings. The van der Waals surface area contributed by atoms with Gasteiger partial charge in [0.05, 0.1) is 0 Å². The van der Waals surface area contributed by atoms with Crippen LogP contribution >= 0.6 is 0 Å². The van der Waals surface area contributed by atoms with E-state index in [0.717, 1.165) is 24.4 Å². The monoisotopic (exact) mass is 452 g/mol. The summed E-state index contributed by atoms with van der Waals surface area (Å²) >= 11 is -2.10. The van der Waals surface area contributed by atoms with Crippen LogP contribution in [-0.4, -0.2) is 12.1 Å². The normalized spacial score (nSPS) is 13.7. The van der Waals surface area contributed by atoms with Gasteiger partial charge in [-0.3, -0.25) is 0 Å². The van der Waals surface area contributed by atoms with E-state index < -0.39 is 26.1 Å². The Morgan fingerprint density at radius 1 is 1.03 bits per heavy atom. The van der Waals surface area contributed by atoms with Gasteiger partial charge in [-0.2, -0.15) is 0 Å². The fourth-order valence-electron chi connectivity index (χ4n) is 3.57. The standard InChI is InChI=1S/C12H10O.C11H17OSi.C3H6.Ti/c13-12-8-4-7-11(9-12)10-5-2-1-3-6-10;1-5-7-10-8-6-9-11(10)12-13(2,3)4;1-3-2;/h1-9,13H;5,9H,1,6-7H2,2-4H3;1-2H3;/q;;;+1/p-1. The fourth-order valence-corrected chi connectivity index (χ4v) is 7.69. The molecular weight excluding hydrogens is 420 g/mol. The first-order valence-electron chi connectivity index (χ1n) is 10.5. The van der Waals surface area contributed by atoms with Gasteiger partial charge >= 0.3 is 189 Å². The summed E-state index contributed by atoms with van der Waals surface area (Å²) in [4.78, 5) is 0. The maximum atomic E-state index is 6.74. The third-order valence-corrected chi connectivity index (χ3v) is 9.39. The number of hydrogen-bond acceptors (Lipinski definition) is 2. The molecule has 3 rings (SSSR count). The molecule has 156 valence electrons. The first kappa shape index (κ1) is 22.7. The second kappa shape index (κ2) is 9.91. The summed E-state index contributed by atoms with van der Waals surface area (Å²) < 4.78 is 16.0. The maximum absolute atomic E-state index is 6.74. The predicted octanol–water partition coefficient (Wildman–Crippen LogP) is 7.45. The summed E-state index contributed by atoms with van der Waals surface area (Å²) in [5.41, 5.74) is 3.71. The summed E-state index contributed by atoms with van der Waals surface area (Å²) in [6.45, 7) is 15.1. The number of rotatable bonds is 8. The van der Waals surface area contributed by atoms with Crippen molar-refractivity contribution >= 4 is 12.1 Å². The molecule has 0 heterocycles. The van der Waals surface area contributed by atoms with Crippen molar-refractivity contribution in [2.75, 3.05) is 0 Å². The van der Waals surface area contributed by atoms with Gasteiger partial charge < -0.3 is 0 Å². The van der Waals surface area contributed by atoms with Gasteiger partial charge in [0.15, 0.2) is 0 Å². The van der Waals surface area contributed by atoms with Gasteiger partial charge in [0, 0.05) is 0 Å². The molecule has 30 heavy (non-hydrogen) atoms. The third kappa shape index (κ3) is 5.81. The summed E-state index contributed by atoms with van der Waals surface area (Å²) in [6.07, 6.45) is 6.01. The summed E-state index contributed by atoms with van der Waals surface area (Å²) in [5, 5.41) is 0. The molecule has 2 nitrogen and oxygen atoms in total. The Hall–Kier alpha value is -1.94. The molecule has 0 radical (unpaired) electrons. The van der Waals surface area contributed by atoms with Crippen molar-refractivity contribution in [3.8, 4) is 16.9 Å². The van der Waals surface area contributed by atoms with Crippen LogP contribution in [0.2, 0.25) is 19.6 Å². The topological polar surface area (TPSA) is 18.5 Å². The average molecular weight is 452 g/mol. The van der Waals surface area contributed by atoms with Crippen LogP contribution in [0.4, 0.5) is 0 Å². The quantitative estimate of drug-likeness (QED) is 0.306. The van der Waals surface area contributed by atoms with Crippen LogP contribution in [0.1, 0.15) is 26.7 Å². The number of hydrogen-bond donors (Lipinski definition) is 0. The second-order valence-electron chi connectivity index (χ2n) is 8.76. The molecule has 0 saturated heterocycles. The van der Waals surface area contributed by atoms with E-state index in [4.69, 9.17) is 7.74 Å². The molecule has 0 aliphatic heterocycles. The van der Waals surface area contributed by atoms with Crippen molar-refractivity contribution in [3.63, 3.8) is 0 Å². The van der Waals surface area contributed by atoms with Gasteiger partial charge in [-0.25, -0.2) is 0 Å². The first-order valence-corrected chi connectivity index (χ1v) is 16.1. The molecule has 2 aromatic carbocycles. The Morgan fingerprint density at radius 3 is 2.37 bits per heavy atom. The zero-order valence-corrected chi connectivity index (χ0v) is 21.4. The van der Waals surface area contributed by atoms with Crippen molar-refractivity contribution in [3.05, 3.63) is 88.5 Å². The van der Waals surface area contributed by atoms with Gasteiger partial charge in [-0.15, -0.1) is 0 Å². The molecular formula is C26H32O2SiTi. The van der Waals surface area contributed by atoms with Crippen LogP contribution in [0, 0.1) is 0 Å². The van der Waals surface area contributed by atoms with Gasteiger partial charge in [-0.05, 0) is 0 Å². The van der Waals surface area contributed by atoms with E-state index in [0.29, 0.717) is 0 Å². The van der Waals surface area contributed by atoms with Gasteiger partial charge in [0.25, 0.3) is 0 Å². The van der Waals surface area contributed by atoms with Crippen LogP contribution in [0.25, 0.3) is 11.1 Å². The molecule has 0 amide bonds. The molecule has 0 N–H and O–H groups in total. The third-order valence-electron chi connectivity index (χ3n) is 4.81. The Balaban J connectivity index is 1.94. The van der Waals surface area contributed by atoms with E-state index >= 15 is 0 Å². The molecule has 0 aromatic heterocycles. The van der Waals surface area contributed by atoms with E-state index in [2.05, 4.69) is 94.7 Å². The van der Waals surface area contributed by atoms with Crippen LogP contribution in [0.5, 0.6) is 5.75 Å². The summed E-state index contributed by atoms with van der Waals surface area (Å²) in [5.74, 6) is 2.02. The Bertz CT molecular complexity index is 1010. The Labute approximate surface area is 188 Å².